The Morgan fingerprint density at radius 3 is 2.14 bits per heavy atom. The molecule has 5 rings (SSSR count). The number of rotatable bonds is 6. The van der Waals surface area contributed by atoms with Crippen molar-refractivity contribution in [3.05, 3.63) is 64.7 Å². The molecule has 0 bridgehead atoms. The van der Waals surface area contributed by atoms with Gasteiger partial charge in [-0.1, -0.05) is 0 Å². The van der Waals surface area contributed by atoms with E-state index in [0.29, 0.717) is 4.67 Å². The molecule has 1 spiro atoms. The molecular formula is C24H21Cl2F10N2O3P2+. The monoisotopic (exact) mass is 707 g/mol. The van der Waals surface area contributed by atoms with Gasteiger partial charge in [0.05, 0.1) is 0 Å². The predicted octanol–water partition coefficient (Wildman–Crippen LogP) is 7.74. The van der Waals surface area contributed by atoms with Gasteiger partial charge in [-0.2, -0.15) is 0 Å². The van der Waals surface area contributed by atoms with Crippen LogP contribution in [0, 0.1) is 0 Å². The van der Waals surface area contributed by atoms with Crippen molar-refractivity contribution in [3.63, 3.8) is 0 Å². The molecule has 19 heteroatoms. The van der Waals surface area contributed by atoms with E-state index in [-0.39, 0.29) is 40.3 Å². The van der Waals surface area contributed by atoms with Crippen molar-refractivity contribution >= 4 is 49.1 Å². The Morgan fingerprint density at radius 2 is 1.53 bits per heavy atom. The third kappa shape index (κ3) is 4.75. The van der Waals surface area contributed by atoms with Crippen LogP contribution < -0.4 is 10.4 Å². The summed E-state index contributed by atoms with van der Waals surface area (Å²) in [6, 6.07) is 11.2. The molecule has 3 aliphatic rings. The van der Waals surface area contributed by atoms with Crippen LogP contribution in [0.4, 0.5) is 43.9 Å². The van der Waals surface area contributed by atoms with Crippen molar-refractivity contribution in [1.82, 2.24) is 9.76 Å². The van der Waals surface area contributed by atoms with Crippen LogP contribution >= 0.6 is 37.9 Å². The Balaban J connectivity index is 1.82. The van der Waals surface area contributed by atoms with Gasteiger partial charge in [-0.3, -0.25) is 0 Å². The van der Waals surface area contributed by atoms with E-state index in [9.17, 15) is 39.9 Å². The number of nitrogens with zero attached hydrogens (tertiary/aromatic N) is 1. The minimum absolute atomic E-state index is 0.00630. The number of hydrogen-bond donors (Lipinski definition) is 1. The van der Waals surface area contributed by atoms with Crippen LogP contribution in [0.5, 0.6) is 0 Å². The number of carbonyl (C=O) groups excluding carboxylic acids is 1. The number of alkyl halides is 11. The van der Waals surface area contributed by atoms with E-state index in [1.54, 1.807) is 0 Å². The molecule has 3 heterocycles. The predicted molar refractivity (Wildman–Crippen MR) is 142 cm³/mol. The Labute approximate surface area is 248 Å². The molecule has 238 valence electrons. The molecule has 3 aliphatic heterocycles. The van der Waals surface area contributed by atoms with Crippen LogP contribution in [-0.2, 0) is 15.6 Å². The van der Waals surface area contributed by atoms with Gasteiger partial charge < -0.3 is 0 Å². The van der Waals surface area contributed by atoms with Crippen LogP contribution in [0.2, 0.25) is 5.02 Å². The van der Waals surface area contributed by atoms with Crippen molar-refractivity contribution in [1.29, 1.82) is 0 Å². The van der Waals surface area contributed by atoms with Gasteiger partial charge in [0.1, 0.15) is 0 Å². The Kier molecular flexibility index (Phi) is 8.06. The van der Waals surface area contributed by atoms with E-state index in [2.05, 4.69) is 5.09 Å². The maximum atomic E-state index is 15.3. The van der Waals surface area contributed by atoms with Crippen molar-refractivity contribution < 1.29 is 57.7 Å². The van der Waals surface area contributed by atoms with Gasteiger partial charge >= 0.3 is 249 Å². The van der Waals surface area contributed by atoms with E-state index >= 15 is 8.78 Å². The zero-order valence-electron chi connectivity index (χ0n) is 21.3. The number of nitrogens with one attached hydrogen (secondary N) is 1. The van der Waals surface area contributed by atoms with E-state index in [1.165, 1.54) is 48.5 Å². The fraction of sp³-hybridized carbons (Fsp3) is 0.458. The first-order chi connectivity index (χ1) is 19.8. The van der Waals surface area contributed by atoms with Gasteiger partial charge in [0, 0.05) is 0 Å². The van der Waals surface area contributed by atoms with Gasteiger partial charge in [0.15, 0.2) is 0 Å². The molecule has 0 saturated carbocycles. The summed E-state index contributed by atoms with van der Waals surface area (Å²) >= 11 is 12.2. The number of halogens is 12. The molecule has 43 heavy (non-hydrogen) atoms. The standard InChI is InChI=1S/C24H20Cl2F10N2O3P2/c25-10-9-14-11-37-43(40-18(19(41-43)22(29,30)31)21(27,28)23(32,33)24(34,35)36)38(12-13-5-1-3-7-16(13)26)20(39)15-6-2-4-8-17(15)42(14)43/h1-8,14,18-19,37H,9-12H2/p+1. The maximum absolute atomic E-state index is 15.3. The summed E-state index contributed by atoms with van der Waals surface area (Å²) < 4.78 is 154. The van der Waals surface area contributed by atoms with E-state index in [4.69, 9.17) is 32.2 Å². The van der Waals surface area contributed by atoms with Gasteiger partial charge in [0.2, 0.25) is 0 Å². The Hall–Kier alpha value is -1.47. The molecule has 5 nitrogen and oxygen atoms in total. The summed E-state index contributed by atoms with van der Waals surface area (Å²) in [7, 11) is -9.04. The molecule has 4 unspecified atom stereocenters. The van der Waals surface area contributed by atoms with Crippen molar-refractivity contribution in [2.45, 2.75) is 55.0 Å². The number of carbonyl (C=O) groups is 1. The third-order valence-corrected chi connectivity index (χ3v) is 20.7. The molecule has 1 amide bonds. The molecule has 0 aromatic heterocycles. The average Bonchev–Trinajstić information content (AvgIpc) is 3.45. The van der Waals surface area contributed by atoms with Crippen LogP contribution in [-0.4, -0.2) is 65.1 Å². The number of amides is 1. The van der Waals surface area contributed by atoms with Crippen LogP contribution in [0.1, 0.15) is 22.3 Å². The number of benzene rings is 2. The third-order valence-electron chi connectivity index (χ3n) is 7.62. The van der Waals surface area contributed by atoms with Gasteiger partial charge in [0.25, 0.3) is 0 Å². The summed E-state index contributed by atoms with van der Waals surface area (Å²) in [5, 5.41) is 2.69. The second kappa shape index (κ2) is 10.5. The normalized spacial score (nSPS) is 28.0. The van der Waals surface area contributed by atoms with Crippen LogP contribution in [0.15, 0.2) is 48.5 Å². The summed E-state index contributed by atoms with van der Waals surface area (Å²) in [5.74, 6) is -14.6. The molecule has 0 radical (unpaired) electrons. The van der Waals surface area contributed by atoms with Crippen molar-refractivity contribution in [2.24, 2.45) is 0 Å². The molecule has 4 atom stereocenters. The molecule has 2 fully saturated rings. The average molecular weight is 708 g/mol. The molecule has 2 aromatic carbocycles. The molecule has 2 aromatic rings. The Bertz CT molecular complexity index is 1430. The summed E-state index contributed by atoms with van der Waals surface area (Å²) in [5.41, 5.74) is -0.743. The quantitative estimate of drug-likeness (QED) is 0.190. The molecule has 1 N–H and O–H groups in total. The van der Waals surface area contributed by atoms with Crippen LogP contribution in [0.3, 0.4) is 0 Å². The first-order valence-electron chi connectivity index (χ1n) is 12.5. The van der Waals surface area contributed by atoms with Crippen molar-refractivity contribution in [2.75, 3.05) is 12.4 Å². The summed E-state index contributed by atoms with van der Waals surface area (Å²) in [6.07, 6.45) is -21.0. The minimum atomic E-state index is -6.97. The summed E-state index contributed by atoms with van der Waals surface area (Å²) in [6.45, 7) is -1.03. The zero-order valence-corrected chi connectivity index (χ0v) is 24.7. The van der Waals surface area contributed by atoms with Crippen molar-refractivity contribution in [3.8, 4) is 0 Å². The Morgan fingerprint density at radius 1 is 0.930 bits per heavy atom. The molecule has 0 aliphatic carbocycles. The number of hydrogen-bond acceptors (Lipinski definition) is 4. The van der Waals surface area contributed by atoms with Gasteiger partial charge in [-0.25, -0.2) is 0 Å². The SMILES string of the molecule is O=C1c2ccccc2[PH+]2C(CCCl)CNP23(OC(C(F)(F)F)C(C(F)(F)C(F)(F)C(F)(F)F)O3)N1Cc1ccccc1Cl. The fourth-order valence-electron chi connectivity index (χ4n) is 5.69. The van der Waals surface area contributed by atoms with Gasteiger partial charge in [-0.05, 0) is 0 Å². The topological polar surface area (TPSA) is 50.8 Å². The second-order valence-corrected chi connectivity index (χ2v) is 19.9. The van der Waals surface area contributed by atoms with Gasteiger partial charge in [-0.15, -0.1) is 0 Å². The zero-order chi connectivity index (χ0) is 31.8. The second-order valence-electron chi connectivity index (χ2n) is 10.1. The van der Waals surface area contributed by atoms with Crippen LogP contribution in [0.25, 0.3) is 0 Å². The molecule has 2 saturated heterocycles. The number of fused-ring (bicyclic) bond motifs is 2. The first kappa shape index (κ1) is 32.9. The van der Waals surface area contributed by atoms with E-state index < -0.39 is 69.2 Å². The fourth-order valence-corrected chi connectivity index (χ4v) is 21.3. The summed E-state index contributed by atoms with van der Waals surface area (Å²) in [4.78, 5) is 14.1. The first-order valence-corrected chi connectivity index (χ1v) is 17.8. The molecular weight excluding hydrogens is 687 g/mol. The van der Waals surface area contributed by atoms with E-state index in [0.717, 1.165) is 0 Å². The van der Waals surface area contributed by atoms with E-state index in [1.807, 2.05) is 0 Å².